The van der Waals surface area contributed by atoms with Gasteiger partial charge in [-0.25, -0.2) is 0 Å². The second-order valence-corrected chi connectivity index (χ2v) is 5.37. The summed E-state index contributed by atoms with van der Waals surface area (Å²) in [6.07, 6.45) is 4.74. The van der Waals surface area contributed by atoms with Gasteiger partial charge in [0.15, 0.2) is 5.60 Å². The van der Waals surface area contributed by atoms with Crippen LogP contribution >= 0.6 is 11.6 Å². The highest BCUT2D eigenvalue weighted by Gasteiger charge is 2.28. The fourth-order valence-corrected chi connectivity index (χ4v) is 2.15. The van der Waals surface area contributed by atoms with Gasteiger partial charge in [0, 0.05) is 0 Å². The fourth-order valence-electron chi connectivity index (χ4n) is 2.11. The first-order valence-corrected chi connectivity index (χ1v) is 6.37. The monoisotopic (exact) mass is 252 g/mol. The smallest absolute Gasteiger partial charge is 0.264 e. The Morgan fingerprint density at radius 2 is 1.88 bits per heavy atom. The number of aryl methyl sites for hydroxylation is 2. The van der Waals surface area contributed by atoms with Crippen LogP contribution in [0.5, 0.6) is 5.75 Å². The number of ether oxygens (including phenoxy) is 1. The summed E-state index contributed by atoms with van der Waals surface area (Å²) < 4.78 is 5.65. The van der Waals surface area contributed by atoms with Gasteiger partial charge < -0.3 is 4.74 Å². The maximum atomic E-state index is 11.2. The van der Waals surface area contributed by atoms with Gasteiger partial charge in [-0.05, 0) is 74.4 Å². The zero-order chi connectivity index (χ0) is 12.5. The average Bonchev–Trinajstić information content (AvgIpc) is 2.28. The molecule has 2 rings (SSSR count). The Hall–Kier alpha value is -1.02. The van der Waals surface area contributed by atoms with Crippen LogP contribution in [0.15, 0.2) is 18.2 Å². The summed E-state index contributed by atoms with van der Waals surface area (Å²) in [7, 11) is 0. The number of carbonyl (C=O) groups is 1. The first kappa shape index (κ1) is 12.4. The number of hydrogen-bond donors (Lipinski definition) is 0. The van der Waals surface area contributed by atoms with Gasteiger partial charge in [0.1, 0.15) is 5.75 Å². The highest BCUT2D eigenvalue weighted by atomic mass is 35.5. The van der Waals surface area contributed by atoms with Crippen LogP contribution in [-0.4, -0.2) is 10.8 Å². The maximum Gasteiger partial charge on any atom is 0.264 e. The Morgan fingerprint density at radius 3 is 2.53 bits per heavy atom. The summed E-state index contributed by atoms with van der Waals surface area (Å²) in [4.78, 5) is 11.2. The van der Waals surface area contributed by atoms with Gasteiger partial charge in [0.25, 0.3) is 5.24 Å². The third-order valence-electron chi connectivity index (χ3n) is 3.17. The molecule has 1 aliphatic carbocycles. The summed E-state index contributed by atoms with van der Waals surface area (Å²) in [6.45, 7) is 3.36. The molecule has 3 heteroatoms. The molecule has 1 aliphatic rings. The van der Waals surface area contributed by atoms with Gasteiger partial charge in [-0.1, -0.05) is 6.07 Å². The molecule has 0 aromatic heterocycles. The highest BCUT2D eigenvalue weighted by molar-refractivity contribution is 6.65. The van der Waals surface area contributed by atoms with Crippen LogP contribution in [0.25, 0.3) is 0 Å². The second kappa shape index (κ2) is 4.69. The maximum absolute atomic E-state index is 11.2. The molecule has 0 N–H and O–H groups in total. The molecule has 0 bridgehead atoms. The number of hydrogen-bond acceptors (Lipinski definition) is 2. The fraction of sp³-hybridized carbons (Fsp3) is 0.500. The Kier molecular flexibility index (Phi) is 3.43. The van der Waals surface area contributed by atoms with Crippen LogP contribution in [0.2, 0.25) is 0 Å². The van der Waals surface area contributed by atoms with Crippen molar-refractivity contribution in [3.05, 3.63) is 29.3 Å². The molecule has 1 aromatic carbocycles. The first-order chi connectivity index (χ1) is 7.99. The van der Waals surface area contributed by atoms with E-state index in [1.165, 1.54) is 24.0 Å². The zero-order valence-corrected chi connectivity index (χ0v) is 11.0. The molecule has 0 radical (unpaired) electrons. The van der Waals surface area contributed by atoms with Crippen molar-refractivity contribution in [2.45, 2.75) is 45.1 Å². The van der Waals surface area contributed by atoms with E-state index in [0.29, 0.717) is 0 Å². The van der Waals surface area contributed by atoms with Crippen molar-refractivity contribution in [2.75, 3.05) is 0 Å². The van der Waals surface area contributed by atoms with E-state index < -0.39 is 10.8 Å². The van der Waals surface area contributed by atoms with E-state index in [4.69, 9.17) is 16.3 Å². The lowest BCUT2D eigenvalue weighted by Gasteiger charge is -2.23. The summed E-state index contributed by atoms with van der Waals surface area (Å²) in [5, 5.41) is -0.477. The number of halogens is 1. The number of fused-ring (bicyclic) bond motifs is 1. The third kappa shape index (κ3) is 2.81. The minimum absolute atomic E-state index is 0.477. The average molecular weight is 253 g/mol. The standard InChI is InChI=1S/C14H17ClO2/c1-14(2,13(15)16)17-12-8-7-10-5-3-4-6-11(10)9-12/h7-9H,3-6H2,1-2H3. The highest BCUT2D eigenvalue weighted by Crippen LogP contribution is 2.27. The largest absolute Gasteiger partial charge is 0.479 e. The van der Waals surface area contributed by atoms with E-state index in [1.807, 2.05) is 12.1 Å². The normalized spacial score (nSPS) is 15.2. The molecular weight excluding hydrogens is 236 g/mol. The predicted molar refractivity (Wildman–Crippen MR) is 68.7 cm³/mol. The predicted octanol–water partition coefficient (Wildman–Crippen LogP) is 3.49. The van der Waals surface area contributed by atoms with Crippen LogP contribution in [0.3, 0.4) is 0 Å². The quantitative estimate of drug-likeness (QED) is 0.770. The minimum atomic E-state index is -0.968. The van der Waals surface area contributed by atoms with E-state index in [1.54, 1.807) is 13.8 Å². The minimum Gasteiger partial charge on any atom is -0.479 e. The molecule has 17 heavy (non-hydrogen) atoms. The van der Waals surface area contributed by atoms with Crippen molar-refractivity contribution in [1.29, 1.82) is 0 Å². The summed E-state index contributed by atoms with van der Waals surface area (Å²) in [5.41, 5.74) is 1.77. The van der Waals surface area contributed by atoms with Crippen molar-refractivity contribution in [3.8, 4) is 5.75 Å². The van der Waals surface area contributed by atoms with Gasteiger partial charge in [-0.2, -0.15) is 0 Å². The van der Waals surface area contributed by atoms with Gasteiger partial charge in [-0.3, -0.25) is 4.79 Å². The lowest BCUT2D eigenvalue weighted by Crippen LogP contribution is -2.34. The lowest BCUT2D eigenvalue weighted by molar-refractivity contribution is -0.123. The molecule has 0 fully saturated rings. The Bertz CT molecular complexity index is 438. The molecule has 92 valence electrons. The van der Waals surface area contributed by atoms with E-state index in [0.717, 1.165) is 18.6 Å². The van der Waals surface area contributed by atoms with Crippen LogP contribution in [0, 0.1) is 0 Å². The first-order valence-electron chi connectivity index (χ1n) is 6.00. The third-order valence-corrected chi connectivity index (χ3v) is 3.62. The molecule has 0 heterocycles. The Balaban J connectivity index is 2.20. The number of benzene rings is 1. The molecule has 0 saturated heterocycles. The molecule has 2 nitrogen and oxygen atoms in total. The van der Waals surface area contributed by atoms with E-state index in [9.17, 15) is 4.79 Å². The lowest BCUT2D eigenvalue weighted by atomic mass is 9.92. The number of rotatable bonds is 3. The molecule has 0 atom stereocenters. The van der Waals surface area contributed by atoms with Crippen LogP contribution in [-0.2, 0) is 17.6 Å². The van der Waals surface area contributed by atoms with Gasteiger partial charge in [0.2, 0.25) is 0 Å². The van der Waals surface area contributed by atoms with Crippen molar-refractivity contribution in [3.63, 3.8) is 0 Å². The van der Waals surface area contributed by atoms with Gasteiger partial charge in [-0.15, -0.1) is 0 Å². The van der Waals surface area contributed by atoms with Crippen molar-refractivity contribution < 1.29 is 9.53 Å². The molecule has 0 amide bonds. The van der Waals surface area contributed by atoms with Crippen LogP contribution < -0.4 is 4.74 Å². The zero-order valence-electron chi connectivity index (χ0n) is 10.3. The van der Waals surface area contributed by atoms with E-state index in [2.05, 4.69) is 6.07 Å². The molecule has 0 aliphatic heterocycles. The van der Waals surface area contributed by atoms with Crippen LogP contribution in [0.4, 0.5) is 0 Å². The van der Waals surface area contributed by atoms with Gasteiger partial charge >= 0.3 is 0 Å². The summed E-state index contributed by atoms with van der Waals surface area (Å²) in [5.74, 6) is 0.727. The summed E-state index contributed by atoms with van der Waals surface area (Å²) in [6, 6.07) is 6.06. The van der Waals surface area contributed by atoms with E-state index >= 15 is 0 Å². The molecule has 0 unspecified atom stereocenters. The SMILES string of the molecule is CC(C)(Oc1ccc2c(c1)CCCC2)C(=O)Cl. The van der Waals surface area contributed by atoms with Crippen molar-refractivity contribution in [2.24, 2.45) is 0 Å². The van der Waals surface area contributed by atoms with Crippen LogP contribution in [0.1, 0.15) is 37.8 Å². The van der Waals surface area contributed by atoms with Gasteiger partial charge in [0.05, 0.1) is 0 Å². The second-order valence-electron chi connectivity index (χ2n) is 5.02. The van der Waals surface area contributed by atoms with E-state index in [-0.39, 0.29) is 0 Å². The molecule has 0 spiro atoms. The Labute approximate surface area is 107 Å². The number of carbonyl (C=O) groups excluding carboxylic acids is 1. The Morgan fingerprint density at radius 1 is 1.24 bits per heavy atom. The summed E-state index contributed by atoms with van der Waals surface area (Å²) >= 11 is 5.50. The van der Waals surface area contributed by atoms with Crippen molar-refractivity contribution in [1.82, 2.24) is 0 Å². The molecule has 1 aromatic rings. The molecular formula is C14H17ClO2. The van der Waals surface area contributed by atoms with Crippen molar-refractivity contribution >= 4 is 16.8 Å². The topological polar surface area (TPSA) is 26.3 Å². The molecule has 0 saturated carbocycles.